The van der Waals surface area contributed by atoms with Crippen molar-refractivity contribution in [3.8, 4) is 6.07 Å². The largest absolute Gasteiger partial charge is 0.348 e. The molecule has 1 heterocycles. The van der Waals surface area contributed by atoms with Crippen molar-refractivity contribution in [3.63, 3.8) is 0 Å². The van der Waals surface area contributed by atoms with Gasteiger partial charge in [-0.05, 0) is 25.3 Å². The summed E-state index contributed by atoms with van der Waals surface area (Å²) in [5.41, 5.74) is 5.78. The summed E-state index contributed by atoms with van der Waals surface area (Å²) >= 11 is 7.24. The summed E-state index contributed by atoms with van der Waals surface area (Å²) in [5.74, 6) is 0.521. The summed E-state index contributed by atoms with van der Waals surface area (Å²) in [6.45, 7) is 0.708. The summed E-state index contributed by atoms with van der Waals surface area (Å²) in [7, 11) is 2.01. The molecule has 0 radical (unpaired) electrons. The quantitative estimate of drug-likeness (QED) is 0.915. The number of aromatic nitrogens is 1. The summed E-state index contributed by atoms with van der Waals surface area (Å²) in [6, 6.07) is 2.48. The van der Waals surface area contributed by atoms with Gasteiger partial charge in [-0.3, -0.25) is 0 Å². The molecule has 0 amide bonds. The Balaban J connectivity index is 2.19. The van der Waals surface area contributed by atoms with Crippen LogP contribution in [0.5, 0.6) is 0 Å². The van der Waals surface area contributed by atoms with Gasteiger partial charge in [0.05, 0.1) is 0 Å². The molecular formula is C11H15ClN4S. The molecule has 1 aliphatic rings. The maximum atomic E-state index is 8.87. The van der Waals surface area contributed by atoms with E-state index in [2.05, 4.69) is 16.0 Å². The lowest BCUT2D eigenvalue weighted by Crippen LogP contribution is -2.37. The lowest BCUT2D eigenvalue weighted by atomic mass is 10.0. The minimum Gasteiger partial charge on any atom is -0.348 e. The lowest BCUT2D eigenvalue weighted by Gasteiger charge is -2.28. The highest BCUT2D eigenvalue weighted by atomic mass is 35.5. The zero-order chi connectivity index (χ0) is 12.4. The molecule has 0 spiro atoms. The Morgan fingerprint density at radius 3 is 3.00 bits per heavy atom. The molecule has 0 aliphatic heterocycles. The van der Waals surface area contributed by atoms with Crippen LogP contribution in [0.25, 0.3) is 0 Å². The number of hydrogen-bond donors (Lipinski definition) is 1. The van der Waals surface area contributed by atoms with Crippen LogP contribution in [0.3, 0.4) is 0 Å². The molecule has 1 aromatic heterocycles. The van der Waals surface area contributed by atoms with Crippen molar-refractivity contribution in [3.05, 3.63) is 10.0 Å². The fourth-order valence-corrected chi connectivity index (χ4v) is 3.52. The predicted molar refractivity (Wildman–Crippen MR) is 70.4 cm³/mol. The van der Waals surface area contributed by atoms with E-state index in [1.165, 1.54) is 24.2 Å². The molecule has 2 unspecified atom stereocenters. The number of halogens is 1. The highest BCUT2D eigenvalue weighted by Crippen LogP contribution is 2.35. The summed E-state index contributed by atoms with van der Waals surface area (Å²) in [5, 5.41) is 10.00. The van der Waals surface area contributed by atoms with Gasteiger partial charge in [0.1, 0.15) is 10.9 Å². The van der Waals surface area contributed by atoms with Gasteiger partial charge in [0.15, 0.2) is 10.3 Å². The Morgan fingerprint density at radius 1 is 1.65 bits per heavy atom. The van der Waals surface area contributed by atoms with E-state index in [0.29, 0.717) is 28.5 Å². The average molecular weight is 271 g/mol. The van der Waals surface area contributed by atoms with Gasteiger partial charge in [0, 0.05) is 13.1 Å². The third-order valence-corrected chi connectivity index (χ3v) is 4.83. The van der Waals surface area contributed by atoms with Gasteiger partial charge in [-0.2, -0.15) is 5.26 Å². The number of thiazole rings is 1. The molecule has 1 fully saturated rings. The van der Waals surface area contributed by atoms with E-state index in [1.807, 2.05) is 7.05 Å². The average Bonchev–Trinajstić information content (AvgIpc) is 2.93. The van der Waals surface area contributed by atoms with Crippen LogP contribution >= 0.6 is 22.9 Å². The molecule has 17 heavy (non-hydrogen) atoms. The van der Waals surface area contributed by atoms with Crippen molar-refractivity contribution < 1.29 is 0 Å². The molecule has 1 aliphatic carbocycles. The number of nitrogens with two attached hydrogens (primary N) is 1. The molecular weight excluding hydrogens is 256 g/mol. The molecule has 0 saturated heterocycles. The van der Waals surface area contributed by atoms with Gasteiger partial charge < -0.3 is 10.6 Å². The van der Waals surface area contributed by atoms with Crippen LogP contribution in [-0.4, -0.2) is 24.6 Å². The van der Waals surface area contributed by atoms with E-state index in [1.54, 1.807) is 0 Å². The van der Waals surface area contributed by atoms with E-state index in [4.69, 9.17) is 22.6 Å². The van der Waals surface area contributed by atoms with Crippen LogP contribution in [-0.2, 0) is 0 Å². The van der Waals surface area contributed by atoms with E-state index in [9.17, 15) is 0 Å². The van der Waals surface area contributed by atoms with Crippen molar-refractivity contribution >= 4 is 28.1 Å². The van der Waals surface area contributed by atoms with Crippen LogP contribution in [0, 0.1) is 17.2 Å². The van der Waals surface area contributed by atoms with Crippen LogP contribution in [0.1, 0.15) is 24.1 Å². The maximum Gasteiger partial charge on any atom is 0.188 e. The van der Waals surface area contributed by atoms with E-state index < -0.39 is 0 Å². The Bertz CT molecular complexity index is 439. The molecule has 1 aromatic rings. The highest BCUT2D eigenvalue weighted by Gasteiger charge is 2.31. The fraction of sp³-hybridized carbons (Fsp3) is 0.636. The molecule has 92 valence electrons. The second kappa shape index (κ2) is 5.21. The van der Waals surface area contributed by atoms with Gasteiger partial charge >= 0.3 is 0 Å². The molecule has 1 saturated carbocycles. The van der Waals surface area contributed by atoms with E-state index >= 15 is 0 Å². The molecule has 2 rings (SSSR count). The van der Waals surface area contributed by atoms with Gasteiger partial charge in [0.25, 0.3) is 0 Å². The van der Waals surface area contributed by atoms with Crippen molar-refractivity contribution in [1.82, 2.24) is 4.98 Å². The third-order valence-electron chi connectivity index (χ3n) is 3.40. The second-order valence-corrected chi connectivity index (χ2v) is 5.67. The Labute approximate surface area is 110 Å². The second-order valence-electron chi connectivity index (χ2n) is 4.33. The lowest BCUT2D eigenvalue weighted by molar-refractivity contribution is 0.474. The number of nitriles is 1. The Hall–Kier alpha value is -0.830. The normalized spacial score (nSPS) is 23.6. The first kappa shape index (κ1) is 12.6. The number of hydrogen-bond acceptors (Lipinski definition) is 5. The van der Waals surface area contributed by atoms with Crippen molar-refractivity contribution in [2.45, 2.75) is 25.3 Å². The molecule has 0 bridgehead atoms. The monoisotopic (exact) mass is 270 g/mol. The van der Waals surface area contributed by atoms with Gasteiger partial charge in [-0.15, -0.1) is 0 Å². The van der Waals surface area contributed by atoms with E-state index in [-0.39, 0.29) is 0 Å². The van der Waals surface area contributed by atoms with Crippen LogP contribution in [0.15, 0.2) is 0 Å². The number of nitrogens with zero attached hydrogens (tertiary/aromatic N) is 3. The fourth-order valence-electron chi connectivity index (χ4n) is 2.45. The molecule has 2 atom stereocenters. The van der Waals surface area contributed by atoms with Gasteiger partial charge in [0.2, 0.25) is 0 Å². The van der Waals surface area contributed by atoms with Crippen molar-refractivity contribution in [2.24, 2.45) is 11.7 Å². The maximum absolute atomic E-state index is 8.87. The summed E-state index contributed by atoms with van der Waals surface area (Å²) in [4.78, 5) is 6.85. The predicted octanol–water partition coefficient (Wildman–Crippen LogP) is 2.23. The van der Waals surface area contributed by atoms with Crippen LogP contribution in [0.2, 0.25) is 5.15 Å². The molecule has 6 heteroatoms. The first-order valence-corrected chi connectivity index (χ1v) is 6.86. The minimum atomic E-state index is 0.307. The van der Waals surface area contributed by atoms with Crippen LogP contribution < -0.4 is 10.6 Å². The summed E-state index contributed by atoms with van der Waals surface area (Å²) < 4.78 is 0. The number of anilines is 1. The minimum absolute atomic E-state index is 0.307. The third kappa shape index (κ3) is 2.39. The van der Waals surface area contributed by atoms with Crippen LogP contribution in [0.4, 0.5) is 5.13 Å². The summed E-state index contributed by atoms with van der Waals surface area (Å²) in [6.07, 6.45) is 3.52. The zero-order valence-electron chi connectivity index (χ0n) is 9.69. The first-order valence-electron chi connectivity index (χ1n) is 5.66. The highest BCUT2D eigenvalue weighted by molar-refractivity contribution is 7.16. The number of rotatable bonds is 3. The van der Waals surface area contributed by atoms with Gasteiger partial charge in [-0.1, -0.05) is 29.4 Å². The molecule has 2 N–H and O–H groups in total. The standard InChI is InChI=1S/C11H15ClN4S/c1-16(8-4-2-3-7(8)5-13)11-15-10(12)9(6-14)17-11/h7-8H,2-5,13H2,1H3. The topological polar surface area (TPSA) is 65.9 Å². The van der Waals surface area contributed by atoms with Crippen molar-refractivity contribution in [2.75, 3.05) is 18.5 Å². The van der Waals surface area contributed by atoms with Gasteiger partial charge in [-0.25, -0.2) is 4.98 Å². The smallest absolute Gasteiger partial charge is 0.188 e. The van der Waals surface area contributed by atoms with E-state index in [0.717, 1.165) is 11.6 Å². The molecule has 0 aromatic carbocycles. The Kier molecular flexibility index (Phi) is 3.87. The zero-order valence-corrected chi connectivity index (χ0v) is 11.3. The molecule has 4 nitrogen and oxygen atoms in total. The van der Waals surface area contributed by atoms with Crippen molar-refractivity contribution in [1.29, 1.82) is 5.26 Å². The Morgan fingerprint density at radius 2 is 2.41 bits per heavy atom. The first-order chi connectivity index (χ1) is 8.17. The SMILES string of the molecule is CN(c1nc(Cl)c(C#N)s1)C1CCCC1CN.